The van der Waals surface area contributed by atoms with Gasteiger partial charge in [-0.15, -0.1) is 0 Å². The number of aromatic nitrogens is 2. The molecule has 13 heteroatoms. The Bertz CT molecular complexity index is 1480. The van der Waals surface area contributed by atoms with Gasteiger partial charge in [0.1, 0.15) is 22.8 Å². The molecule has 0 atom stereocenters. The van der Waals surface area contributed by atoms with Crippen LogP contribution in [-0.4, -0.2) is 89.7 Å². The van der Waals surface area contributed by atoms with Gasteiger partial charge >= 0.3 is 6.18 Å². The minimum absolute atomic E-state index is 0.103. The lowest BCUT2D eigenvalue weighted by atomic mass is 9.79. The van der Waals surface area contributed by atoms with Crippen LogP contribution in [0.25, 0.3) is 10.9 Å². The second-order valence-corrected chi connectivity index (χ2v) is 13.4. The van der Waals surface area contributed by atoms with E-state index in [1.165, 1.54) is 16.7 Å². The van der Waals surface area contributed by atoms with E-state index in [0.717, 1.165) is 44.7 Å². The average Bonchev–Trinajstić information content (AvgIpc) is 3.05. The van der Waals surface area contributed by atoms with Gasteiger partial charge in [0.2, 0.25) is 0 Å². The third kappa shape index (κ3) is 10.2. The van der Waals surface area contributed by atoms with E-state index in [0.29, 0.717) is 61.8 Å². The highest BCUT2D eigenvalue weighted by Gasteiger charge is 2.36. The van der Waals surface area contributed by atoms with Crippen LogP contribution in [0, 0.1) is 11.7 Å². The van der Waals surface area contributed by atoms with Crippen molar-refractivity contribution >= 4 is 34.0 Å². The Labute approximate surface area is 285 Å². The number of piperazine rings is 1. The quantitative estimate of drug-likeness (QED) is 0.184. The monoisotopic (exact) mass is 694 g/mol. The molecule has 6 rings (SSSR count). The third-order valence-electron chi connectivity index (χ3n) is 8.96. The zero-order valence-electron chi connectivity index (χ0n) is 28.5. The summed E-state index contributed by atoms with van der Waals surface area (Å²) in [7, 11) is 0. The molecule has 3 fully saturated rings. The van der Waals surface area contributed by atoms with Crippen LogP contribution in [0.1, 0.15) is 59.2 Å². The number of hydrogen-bond donors (Lipinski definition) is 2. The van der Waals surface area contributed by atoms with Gasteiger partial charge in [-0.25, -0.2) is 9.37 Å². The topological polar surface area (TPSA) is 90.7 Å². The third-order valence-corrected chi connectivity index (χ3v) is 10.3. The summed E-state index contributed by atoms with van der Waals surface area (Å²) in [5.41, 5.74) is 7.48. The predicted molar refractivity (Wildman–Crippen MR) is 188 cm³/mol. The predicted octanol–water partition coefficient (Wildman–Crippen LogP) is 6.94. The van der Waals surface area contributed by atoms with E-state index >= 15 is 0 Å². The summed E-state index contributed by atoms with van der Waals surface area (Å²) in [6, 6.07) is 11.4. The van der Waals surface area contributed by atoms with Crippen LogP contribution in [0.4, 0.5) is 28.9 Å². The lowest BCUT2D eigenvalue weighted by molar-refractivity contribution is -0.147. The number of anilines is 2. The Balaban J connectivity index is 0.00000125. The number of hydrogen-bond acceptors (Lipinski definition) is 8. The number of nitrogens with one attached hydrogen (secondary N) is 1. The summed E-state index contributed by atoms with van der Waals surface area (Å²) >= 11 is 1.56. The first-order valence-electron chi connectivity index (χ1n) is 17.2. The van der Waals surface area contributed by atoms with Gasteiger partial charge in [0, 0.05) is 61.0 Å². The molecule has 2 aromatic carbocycles. The first kappa shape index (κ1) is 37.8. The van der Waals surface area contributed by atoms with Crippen molar-refractivity contribution in [2.24, 2.45) is 5.92 Å². The molecular formula is C35H50F4N6O2S. The molecule has 3 N–H and O–H groups in total. The Morgan fingerprint density at radius 2 is 1.62 bits per heavy atom. The zero-order chi connectivity index (χ0) is 34.8. The molecule has 0 amide bonds. The van der Waals surface area contributed by atoms with E-state index in [2.05, 4.69) is 31.9 Å². The van der Waals surface area contributed by atoms with Crippen LogP contribution < -0.4 is 20.9 Å². The van der Waals surface area contributed by atoms with E-state index in [1.807, 2.05) is 39.8 Å². The molecule has 2 aliphatic heterocycles. The van der Waals surface area contributed by atoms with Crippen molar-refractivity contribution in [3.8, 4) is 5.75 Å². The fourth-order valence-corrected chi connectivity index (χ4v) is 7.54. The van der Waals surface area contributed by atoms with Gasteiger partial charge in [-0.1, -0.05) is 27.7 Å². The van der Waals surface area contributed by atoms with Crippen LogP contribution in [0.5, 0.6) is 5.75 Å². The molecule has 266 valence electrons. The molecule has 3 aromatic rings. The molecule has 2 saturated heterocycles. The van der Waals surface area contributed by atoms with E-state index in [9.17, 15) is 22.4 Å². The highest BCUT2D eigenvalue weighted by Crippen LogP contribution is 2.34. The summed E-state index contributed by atoms with van der Waals surface area (Å²) in [4.78, 5) is 26.2. The molecule has 3 aliphatic rings. The first-order valence-corrected chi connectivity index (χ1v) is 18.2. The summed E-state index contributed by atoms with van der Waals surface area (Å²) in [5, 5.41) is 0.0687. The van der Waals surface area contributed by atoms with E-state index < -0.39 is 24.1 Å². The van der Waals surface area contributed by atoms with Gasteiger partial charge in [0.25, 0.3) is 5.56 Å². The fraction of sp³-hybridized carbons (Fsp3) is 0.600. The van der Waals surface area contributed by atoms with Gasteiger partial charge in [-0.05, 0) is 69.0 Å². The van der Waals surface area contributed by atoms with Gasteiger partial charge in [0.05, 0.1) is 24.4 Å². The molecule has 1 aromatic heterocycles. The molecule has 0 spiro atoms. The molecule has 1 aliphatic carbocycles. The number of benzene rings is 2. The standard InChI is InChI=1S/C31H38F4N6O2S.2C2H6/c32-26-15-24(43-17-20-13-23(14-20)41-11-9-40(10-12-41)22-3-1-21(36)2-4-22)16-27-29(26)30(42)38-28(37-27)18-44-25-5-7-39(8-6-25)19-31(33,34)35;2*1-2/h1-4,15-16,20,23,25H,5-14,17-19,36H2,(H,37,38,42);2*1-2H3. The minimum atomic E-state index is -4.19. The number of likely N-dealkylation sites (tertiary alicyclic amines) is 1. The van der Waals surface area contributed by atoms with E-state index in [-0.39, 0.29) is 16.2 Å². The molecule has 3 heterocycles. The molecule has 0 bridgehead atoms. The Kier molecular flexibility index (Phi) is 13.8. The maximum atomic E-state index is 14.9. The zero-order valence-corrected chi connectivity index (χ0v) is 29.3. The van der Waals surface area contributed by atoms with Crippen molar-refractivity contribution in [3.05, 3.63) is 58.4 Å². The van der Waals surface area contributed by atoms with E-state index in [1.54, 1.807) is 17.8 Å². The number of piperidine rings is 1. The fourth-order valence-electron chi connectivity index (χ4n) is 6.46. The Hall–Kier alpha value is -3.03. The van der Waals surface area contributed by atoms with Crippen LogP contribution in [0.3, 0.4) is 0 Å². The van der Waals surface area contributed by atoms with Crippen molar-refractivity contribution in [2.75, 3.05) is 63.1 Å². The summed E-state index contributed by atoms with van der Waals surface area (Å²) in [5.74, 6) is 0.868. The molecule has 0 unspecified atom stereocenters. The Morgan fingerprint density at radius 3 is 2.25 bits per heavy atom. The number of nitrogen functional groups attached to an aromatic ring is 1. The minimum Gasteiger partial charge on any atom is -0.493 e. The van der Waals surface area contributed by atoms with Crippen molar-refractivity contribution in [3.63, 3.8) is 0 Å². The number of halogens is 4. The molecular weight excluding hydrogens is 644 g/mol. The number of nitrogens with two attached hydrogens (primary N) is 1. The van der Waals surface area contributed by atoms with Crippen LogP contribution in [0.15, 0.2) is 41.2 Å². The number of fused-ring (bicyclic) bond motifs is 1. The SMILES string of the molecule is CC.CC.Nc1ccc(N2CCN(C3CC(COc4cc(F)c5c(=O)[nH]c(CSC6CCN(CC(F)(F)F)CC6)nc5c4)C3)CC2)cc1. The van der Waals surface area contributed by atoms with Crippen molar-refractivity contribution in [2.45, 2.75) is 76.6 Å². The number of nitrogens with zero attached hydrogens (tertiary/aromatic N) is 4. The van der Waals surface area contributed by atoms with Crippen molar-refractivity contribution in [1.29, 1.82) is 0 Å². The lowest BCUT2D eigenvalue weighted by Crippen LogP contribution is -2.54. The van der Waals surface area contributed by atoms with Gasteiger partial charge in [0.15, 0.2) is 0 Å². The average molecular weight is 695 g/mol. The number of aromatic amines is 1. The molecule has 48 heavy (non-hydrogen) atoms. The highest BCUT2D eigenvalue weighted by atomic mass is 32.2. The van der Waals surface area contributed by atoms with Crippen molar-refractivity contribution in [1.82, 2.24) is 19.8 Å². The van der Waals surface area contributed by atoms with Crippen molar-refractivity contribution < 1.29 is 22.3 Å². The lowest BCUT2D eigenvalue weighted by Gasteiger charge is -2.46. The second kappa shape index (κ2) is 17.6. The smallest absolute Gasteiger partial charge is 0.401 e. The van der Waals surface area contributed by atoms with Crippen LogP contribution in [-0.2, 0) is 5.75 Å². The summed E-state index contributed by atoms with van der Waals surface area (Å²) < 4.78 is 58.9. The summed E-state index contributed by atoms with van der Waals surface area (Å²) in [6.45, 7) is 12.3. The number of ether oxygens (including phenoxy) is 1. The first-order chi connectivity index (χ1) is 23.1. The molecule has 1 saturated carbocycles. The second-order valence-electron chi connectivity index (χ2n) is 12.1. The highest BCUT2D eigenvalue weighted by molar-refractivity contribution is 7.99. The molecule has 0 radical (unpaired) electrons. The van der Waals surface area contributed by atoms with Crippen LogP contribution in [0.2, 0.25) is 0 Å². The van der Waals surface area contributed by atoms with Gasteiger partial charge in [-0.2, -0.15) is 24.9 Å². The number of rotatable bonds is 9. The molecule has 8 nitrogen and oxygen atoms in total. The van der Waals surface area contributed by atoms with E-state index in [4.69, 9.17) is 10.5 Å². The van der Waals surface area contributed by atoms with Gasteiger partial charge < -0.3 is 20.4 Å². The van der Waals surface area contributed by atoms with Gasteiger partial charge in [-0.3, -0.25) is 14.6 Å². The normalized spacial score (nSPS) is 20.7. The largest absolute Gasteiger partial charge is 0.493 e. The number of H-pyrrole nitrogens is 1. The maximum Gasteiger partial charge on any atom is 0.401 e. The number of alkyl halides is 3. The van der Waals surface area contributed by atoms with Crippen LogP contribution >= 0.6 is 11.8 Å². The Morgan fingerprint density at radius 1 is 0.979 bits per heavy atom. The summed E-state index contributed by atoms with van der Waals surface area (Å²) in [6.07, 6.45) is -0.860. The number of thioether (sulfide) groups is 1. The maximum absolute atomic E-state index is 14.9.